The van der Waals surface area contributed by atoms with Gasteiger partial charge in [-0.2, -0.15) is 0 Å². The summed E-state index contributed by atoms with van der Waals surface area (Å²) in [7, 11) is 0. The van der Waals surface area contributed by atoms with Crippen molar-refractivity contribution in [2.75, 3.05) is 10.6 Å². The van der Waals surface area contributed by atoms with Crippen LogP contribution in [0.25, 0.3) is 5.57 Å². The highest BCUT2D eigenvalue weighted by Gasteiger charge is 2.27. The number of rotatable bonds is 3. The third kappa shape index (κ3) is 4.28. The lowest BCUT2D eigenvalue weighted by molar-refractivity contribution is -0.111. The molecule has 3 rings (SSSR count). The third-order valence-electron chi connectivity index (χ3n) is 3.69. The quantitative estimate of drug-likeness (QED) is 0.513. The Morgan fingerprint density at radius 1 is 1.23 bits per heavy atom. The molecule has 1 amide bonds. The van der Waals surface area contributed by atoms with E-state index in [0.717, 1.165) is 0 Å². The number of benzene rings is 2. The molecule has 0 aliphatic carbocycles. The predicted octanol–water partition coefficient (Wildman–Crippen LogP) is 4.85. The van der Waals surface area contributed by atoms with Crippen LogP contribution >= 0.6 is 23.2 Å². The van der Waals surface area contributed by atoms with Crippen LogP contribution in [-0.2, 0) is 9.53 Å². The summed E-state index contributed by atoms with van der Waals surface area (Å²) in [5, 5.41) is 15.3. The molecule has 1 aliphatic rings. The maximum Gasteiger partial charge on any atom is 0.507 e. The van der Waals surface area contributed by atoms with Crippen LogP contribution in [0.2, 0.25) is 10.0 Å². The van der Waals surface area contributed by atoms with Gasteiger partial charge in [0.25, 0.3) is 0 Å². The van der Waals surface area contributed by atoms with E-state index in [0.29, 0.717) is 32.6 Å². The fourth-order valence-corrected chi connectivity index (χ4v) is 3.34. The molecular weight excluding hydrogens is 379 g/mol. The van der Waals surface area contributed by atoms with E-state index in [9.17, 15) is 9.59 Å². The van der Waals surface area contributed by atoms with E-state index < -0.39 is 12.4 Å². The molecule has 0 saturated heterocycles. The fourth-order valence-electron chi connectivity index (χ4n) is 2.72. The Morgan fingerprint density at radius 2 is 1.96 bits per heavy atom. The second kappa shape index (κ2) is 7.68. The Balaban J connectivity index is 1.93. The van der Waals surface area contributed by atoms with Gasteiger partial charge in [0.1, 0.15) is 0 Å². The summed E-state index contributed by atoms with van der Waals surface area (Å²) in [6, 6.07) is 12.1. The Hall–Kier alpha value is -2.70. The summed E-state index contributed by atoms with van der Waals surface area (Å²) in [4.78, 5) is 23.2. The lowest BCUT2D eigenvalue weighted by Gasteiger charge is -2.28. The molecule has 0 aromatic heterocycles. The number of carbonyl (C=O) groups is 2. The van der Waals surface area contributed by atoms with Gasteiger partial charge in [0, 0.05) is 34.5 Å². The van der Waals surface area contributed by atoms with Crippen LogP contribution in [-0.4, -0.2) is 23.4 Å². The minimum atomic E-state index is -1.42. The number of fused-ring (bicyclic) bond motifs is 1. The molecule has 8 heteroatoms. The SMILES string of the molecule is O=C(/C=C1\CC(OC(=O)O)Nc2cc(Cl)cc(Cl)c21)Nc1ccccc1. The molecule has 6 nitrogen and oxygen atoms in total. The number of nitrogens with one attached hydrogen (secondary N) is 2. The number of carbonyl (C=O) groups excluding carboxylic acids is 1. The van der Waals surface area contributed by atoms with Crippen LogP contribution in [0, 0.1) is 0 Å². The Morgan fingerprint density at radius 3 is 2.65 bits per heavy atom. The van der Waals surface area contributed by atoms with Crippen LogP contribution < -0.4 is 10.6 Å². The second-order valence-corrected chi connectivity index (χ2v) is 6.40. The van der Waals surface area contributed by atoms with E-state index in [2.05, 4.69) is 10.6 Å². The van der Waals surface area contributed by atoms with Gasteiger partial charge in [-0.1, -0.05) is 41.4 Å². The molecule has 1 unspecified atom stereocenters. The highest BCUT2D eigenvalue weighted by Crippen LogP contribution is 2.40. The van der Waals surface area contributed by atoms with Crippen LogP contribution in [0.5, 0.6) is 0 Å². The van der Waals surface area contributed by atoms with Crippen molar-refractivity contribution in [3.63, 3.8) is 0 Å². The molecule has 2 aromatic rings. The number of amides is 1. The monoisotopic (exact) mass is 392 g/mol. The maximum absolute atomic E-state index is 12.4. The van der Waals surface area contributed by atoms with E-state index in [1.165, 1.54) is 6.08 Å². The summed E-state index contributed by atoms with van der Waals surface area (Å²) in [5.74, 6) is -0.362. The van der Waals surface area contributed by atoms with Gasteiger partial charge >= 0.3 is 6.16 Å². The molecule has 3 N–H and O–H groups in total. The average molecular weight is 393 g/mol. The first-order chi connectivity index (χ1) is 12.4. The van der Waals surface area contributed by atoms with E-state index >= 15 is 0 Å². The van der Waals surface area contributed by atoms with Gasteiger partial charge in [-0.3, -0.25) is 4.79 Å². The predicted molar refractivity (Wildman–Crippen MR) is 101 cm³/mol. The smallest absolute Gasteiger partial charge is 0.450 e. The first-order valence-electron chi connectivity index (χ1n) is 7.64. The first-order valence-corrected chi connectivity index (χ1v) is 8.40. The molecule has 0 saturated carbocycles. The van der Waals surface area contributed by atoms with Gasteiger partial charge in [-0.25, -0.2) is 4.79 Å². The standard InChI is InChI=1S/C18H14Cl2N2O4/c19-11-8-13(20)17-10(6-15(23)21-12-4-2-1-3-5-12)7-16(26-18(24)25)22-14(17)9-11/h1-6,8-9,16,22H,7H2,(H,21,23)(H,24,25)/b10-6+. The zero-order valence-electron chi connectivity index (χ0n) is 13.3. The molecular formula is C18H14Cl2N2O4. The van der Waals surface area contributed by atoms with Gasteiger partial charge in [0.2, 0.25) is 5.91 Å². The first kappa shape index (κ1) is 18.1. The molecule has 1 atom stereocenters. The summed E-state index contributed by atoms with van der Waals surface area (Å²) < 4.78 is 4.80. The summed E-state index contributed by atoms with van der Waals surface area (Å²) in [6.45, 7) is 0. The van der Waals surface area contributed by atoms with E-state index in [-0.39, 0.29) is 12.3 Å². The number of para-hydroxylation sites is 1. The van der Waals surface area contributed by atoms with Crippen molar-refractivity contribution in [1.29, 1.82) is 0 Å². The molecule has 0 radical (unpaired) electrons. The van der Waals surface area contributed by atoms with Gasteiger partial charge < -0.3 is 20.5 Å². The van der Waals surface area contributed by atoms with Crippen molar-refractivity contribution in [3.8, 4) is 0 Å². The van der Waals surface area contributed by atoms with Crippen molar-refractivity contribution >= 4 is 52.2 Å². The highest BCUT2D eigenvalue weighted by molar-refractivity contribution is 6.36. The van der Waals surface area contributed by atoms with Crippen LogP contribution in [0.15, 0.2) is 48.5 Å². The molecule has 1 aliphatic heterocycles. The zero-order chi connectivity index (χ0) is 18.7. The molecule has 134 valence electrons. The molecule has 0 spiro atoms. The van der Waals surface area contributed by atoms with Crippen molar-refractivity contribution in [3.05, 3.63) is 64.1 Å². The van der Waals surface area contributed by atoms with Crippen LogP contribution in [0.4, 0.5) is 16.2 Å². The number of anilines is 2. The third-order valence-corrected chi connectivity index (χ3v) is 4.20. The van der Waals surface area contributed by atoms with Gasteiger partial charge in [-0.05, 0) is 29.8 Å². The van der Waals surface area contributed by atoms with Crippen LogP contribution in [0.1, 0.15) is 12.0 Å². The molecule has 26 heavy (non-hydrogen) atoms. The summed E-state index contributed by atoms with van der Waals surface area (Å²) in [6.07, 6.45) is -0.759. The lowest BCUT2D eigenvalue weighted by Crippen LogP contribution is -2.30. The van der Waals surface area contributed by atoms with E-state index in [1.54, 1.807) is 36.4 Å². The highest BCUT2D eigenvalue weighted by atomic mass is 35.5. The second-order valence-electron chi connectivity index (χ2n) is 5.56. The van der Waals surface area contributed by atoms with Crippen LogP contribution in [0.3, 0.4) is 0 Å². The van der Waals surface area contributed by atoms with Crippen molar-refractivity contribution in [1.82, 2.24) is 0 Å². The number of carboxylic acid groups (broad SMARTS) is 1. The molecule has 1 heterocycles. The molecule has 0 bridgehead atoms. The Labute approximate surface area is 159 Å². The van der Waals surface area contributed by atoms with Gasteiger partial charge in [-0.15, -0.1) is 0 Å². The molecule has 0 fully saturated rings. The largest absolute Gasteiger partial charge is 0.507 e. The van der Waals surface area contributed by atoms with Gasteiger partial charge in [0.15, 0.2) is 6.23 Å². The summed E-state index contributed by atoms with van der Waals surface area (Å²) >= 11 is 12.3. The minimum absolute atomic E-state index is 0.142. The normalized spacial score (nSPS) is 17.2. The number of halogens is 2. The topological polar surface area (TPSA) is 87.7 Å². The van der Waals surface area contributed by atoms with Gasteiger partial charge in [0.05, 0.1) is 5.02 Å². The molecule has 2 aromatic carbocycles. The Bertz CT molecular complexity index is 884. The van der Waals surface area contributed by atoms with Crippen molar-refractivity contribution < 1.29 is 19.4 Å². The zero-order valence-corrected chi connectivity index (χ0v) is 14.8. The number of hydrogen-bond donors (Lipinski definition) is 3. The number of hydrogen-bond acceptors (Lipinski definition) is 4. The van der Waals surface area contributed by atoms with E-state index in [1.807, 2.05) is 6.07 Å². The average Bonchev–Trinajstić information content (AvgIpc) is 2.54. The minimum Gasteiger partial charge on any atom is -0.450 e. The fraction of sp³-hybridized carbons (Fsp3) is 0.111. The lowest BCUT2D eigenvalue weighted by atomic mass is 9.95. The summed E-state index contributed by atoms with van der Waals surface area (Å²) in [5.41, 5.74) is 2.27. The van der Waals surface area contributed by atoms with Crippen molar-refractivity contribution in [2.24, 2.45) is 0 Å². The number of ether oxygens (including phenoxy) is 1. The van der Waals surface area contributed by atoms with E-state index in [4.69, 9.17) is 33.0 Å². The Kier molecular flexibility index (Phi) is 5.35. The van der Waals surface area contributed by atoms with Crippen molar-refractivity contribution in [2.45, 2.75) is 12.6 Å². The maximum atomic E-state index is 12.4.